The van der Waals surface area contributed by atoms with Crippen molar-refractivity contribution in [2.24, 2.45) is 0 Å². The van der Waals surface area contributed by atoms with Crippen molar-refractivity contribution in [3.05, 3.63) is 35.6 Å². The van der Waals surface area contributed by atoms with Crippen LogP contribution in [0.3, 0.4) is 0 Å². The molecular weight excluding hydrogens is 298 g/mol. The fraction of sp³-hybridized carbons (Fsp3) is 0.412. The number of hydrogen-bond acceptors (Lipinski definition) is 5. The van der Waals surface area contributed by atoms with E-state index in [2.05, 4.69) is 0 Å². The third kappa shape index (κ3) is 3.31. The number of ether oxygens (including phenoxy) is 3. The highest BCUT2D eigenvalue weighted by molar-refractivity contribution is 6.01. The molecule has 3 rings (SSSR count). The maximum atomic E-state index is 12.5. The van der Waals surface area contributed by atoms with Gasteiger partial charge >= 0.3 is 0 Å². The fourth-order valence-electron chi connectivity index (χ4n) is 2.66. The summed E-state index contributed by atoms with van der Waals surface area (Å²) in [5.74, 6) is 1.06. The molecule has 0 unspecified atom stereocenters. The van der Waals surface area contributed by atoms with Crippen molar-refractivity contribution in [3.63, 3.8) is 0 Å². The molecular formula is C17H19NO5. The summed E-state index contributed by atoms with van der Waals surface area (Å²) in [5.41, 5.74) is 0.253. The van der Waals surface area contributed by atoms with Crippen molar-refractivity contribution in [3.8, 4) is 11.5 Å². The van der Waals surface area contributed by atoms with E-state index in [1.165, 1.54) is 11.0 Å². The van der Waals surface area contributed by atoms with Crippen molar-refractivity contribution in [2.75, 3.05) is 13.8 Å². The van der Waals surface area contributed by atoms with E-state index < -0.39 is 5.60 Å². The Balaban J connectivity index is 1.72. The summed E-state index contributed by atoms with van der Waals surface area (Å²) in [6.45, 7) is 4.18. The molecule has 0 bridgehead atoms. The fourth-order valence-corrected chi connectivity index (χ4v) is 2.66. The first-order valence-corrected chi connectivity index (χ1v) is 7.42. The van der Waals surface area contributed by atoms with Crippen LogP contribution in [0.25, 0.3) is 0 Å². The maximum absolute atomic E-state index is 12.5. The summed E-state index contributed by atoms with van der Waals surface area (Å²) in [5, 5.41) is 0. The largest absolute Gasteiger partial charge is 0.481 e. The molecule has 0 aliphatic carbocycles. The lowest BCUT2D eigenvalue weighted by Gasteiger charge is -2.31. The van der Waals surface area contributed by atoms with Crippen molar-refractivity contribution in [1.29, 1.82) is 0 Å². The zero-order chi connectivity index (χ0) is 16.6. The number of carbonyl (C=O) groups excluding carboxylic acids is 2. The molecule has 0 aromatic heterocycles. The Kier molecular flexibility index (Phi) is 3.75. The van der Waals surface area contributed by atoms with Crippen molar-refractivity contribution < 1.29 is 23.8 Å². The lowest BCUT2D eigenvalue weighted by atomic mass is 9.98. The van der Waals surface area contributed by atoms with Gasteiger partial charge in [-0.25, -0.2) is 0 Å². The van der Waals surface area contributed by atoms with Crippen molar-refractivity contribution >= 4 is 11.7 Å². The van der Waals surface area contributed by atoms with Crippen LogP contribution >= 0.6 is 0 Å². The molecule has 0 radical (unpaired) electrons. The average molecular weight is 317 g/mol. The molecule has 122 valence electrons. The van der Waals surface area contributed by atoms with Crippen LogP contribution in [0.5, 0.6) is 11.5 Å². The minimum Gasteiger partial charge on any atom is -0.481 e. The Hall–Kier alpha value is -2.50. The number of nitrogens with zero attached hydrogens (tertiary/aromatic N) is 1. The number of benzene rings is 1. The minimum atomic E-state index is -0.656. The van der Waals surface area contributed by atoms with Gasteiger partial charge < -0.3 is 19.1 Å². The number of likely N-dealkylation sites (N-methyl/N-ethyl adjacent to an activating group) is 1. The van der Waals surface area contributed by atoms with Gasteiger partial charge in [0.2, 0.25) is 6.79 Å². The van der Waals surface area contributed by atoms with Gasteiger partial charge in [0, 0.05) is 26.1 Å². The molecule has 6 heteroatoms. The second-order valence-electron chi connectivity index (χ2n) is 6.36. The summed E-state index contributed by atoms with van der Waals surface area (Å²) >= 11 is 0. The summed E-state index contributed by atoms with van der Waals surface area (Å²) in [4.78, 5) is 25.8. The van der Waals surface area contributed by atoms with Gasteiger partial charge in [-0.2, -0.15) is 0 Å². The molecule has 0 N–H and O–H groups in total. The molecule has 0 fully saturated rings. The molecule has 0 spiro atoms. The lowest BCUT2D eigenvalue weighted by molar-refractivity contribution is -0.137. The smallest absolute Gasteiger partial charge is 0.289 e. The molecule has 2 heterocycles. The van der Waals surface area contributed by atoms with E-state index in [1.807, 2.05) is 18.2 Å². The molecule has 2 aliphatic rings. The molecule has 2 aliphatic heterocycles. The van der Waals surface area contributed by atoms with Gasteiger partial charge in [0.15, 0.2) is 23.0 Å². The van der Waals surface area contributed by atoms with Gasteiger partial charge in [-0.15, -0.1) is 0 Å². The highest BCUT2D eigenvalue weighted by Crippen LogP contribution is 2.33. The number of fused-ring (bicyclic) bond motifs is 1. The average Bonchev–Trinajstić information content (AvgIpc) is 2.91. The van der Waals surface area contributed by atoms with E-state index in [1.54, 1.807) is 20.9 Å². The number of carbonyl (C=O) groups is 2. The van der Waals surface area contributed by atoms with Crippen LogP contribution in [-0.2, 0) is 20.9 Å². The Morgan fingerprint density at radius 3 is 2.74 bits per heavy atom. The van der Waals surface area contributed by atoms with Gasteiger partial charge in [0.05, 0.1) is 0 Å². The molecule has 23 heavy (non-hydrogen) atoms. The Morgan fingerprint density at radius 1 is 1.26 bits per heavy atom. The molecule has 0 atom stereocenters. The zero-order valence-electron chi connectivity index (χ0n) is 13.4. The Bertz CT molecular complexity index is 692. The monoisotopic (exact) mass is 317 g/mol. The second-order valence-corrected chi connectivity index (χ2v) is 6.36. The SMILES string of the molecule is CN(Cc1ccc2c(c1)OCO2)C(=O)C1=CC(=O)CC(C)(C)O1. The molecule has 0 saturated heterocycles. The first kappa shape index (κ1) is 15.4. The Labute approximate surface area is 134 Å². The quantitative estimate of drug-likeness (QED) is 0.853. The number of rotatable bonds is 3. The van der Waals surface area contributed by atoms with Gasteiger partial charge in [-0.1, -0.05) is 6.07 Å². The third-order valence-corrected chi connectivity index (χ3v) is 3.69. The molecule has 1 amide bonds. The molecule has 1 aromatic carbocycles. The lowest BCUT2D eigenvalue weighted by Crippen LogP contribution is -2.37. The molecule has 1 aromatic rings. The van der Waals surface area contributed by atoms with Crippen molar-refractivity contribution in [2.45, 2.75) is 32.4 Å². The van der Waals surface area contributed by atoms with Crippen LogP contribution < -0.4 is 9.47 Å². The van der Waals surface area contributed by atoms with E-state index >= 15 is 0 Å². The minimum absolute atomic E-state index is 0.0921. The van der Waals surface area contributed by atoms with Crippen LogP contribution in [0, 0.1) is 0 Å². The summed E-state index contributed by atoms with van der Waals surface area (Å²) in [6.07, 6.45) is 1.55. The maximum Gasteiger partial charge on any atom is 0.289 e. The summed E-state index contributed by atoms with van der Waals surface area (Å²) < 4.78 is 16.2. The van der Waals surface area contributed by atoms with Gasteiger partial charge in [-0.05, 0) is 31.5 Å². The second kappa shape index (κ2) is 5.61. The summed E-state index contributed by atoms with van der Waals surface area (Å²) in [7, 11) is 1.67. The predicted molar refractivity (Wildman–Crippen MR) is 81.9 cm³/mol. The normalized spacial score (nSPS) is 18.2. The van der Waals surface area contributed by atoms with Crippen LogP contribution in [-0.4, -0.2) is 36.0 Å². The summed E-state index contributed by atoms with van der Waals surface area (Å²) in [6, 6.07) is 5.54. The third-order valence-electron chi connectivity index (χ3n) is 3.69. The topological polar surface area (TPSA) is 65.1 Å². The zero-order valence-corrected chi connectivity index (χ0v) is 13.4. The van der Waals surface area contributed by atoms with E-state index in [0.29, 0.717) is 18.0 Å². The number of allylic oxidation sites excluding steroid dienone is 1. The Morgan fingerprint density at radius 2 is 2.00 bits per heavy atom. The number of hydrogen-bond donors (Lipinski definition) is 0. The van der Waals surface area contributed by atoms with E-state index in [0.717, 1.165) is 5.56 Å². The van der Waals surface area contributed by atoms with E-state index in [9.17, 15) is 9.59 Å². The first-order valence-electron chi connectivity index (χ1n) is 7.42. The number of ketones is 1. The number of amides is 1. The van der Waals surface area contributed by atoms with Crippen LogP contribution in [0.4, 0.5) is 0 Å². The van der Waals surface area contributed by atoms with Gasteiger partial charge in [-0.3, -0.25) is 9.59 Å². The van der Waals surface area contributed by atoms with Gasteiger partial charge in [0.1, 0.15) is 5.60 Å². The van der Waals surface area contributed by atoms with Crippen molar-refractivity contribution in [1.82, 2.24) is 4.90 Å². The van der Waals surface area contributed by atoms with Crippen LogP contribution in [0.1, 0.15) is 25.8 Å². The standard InChI is InChI=1S/C17H19NO5/c1-17(2)8-12(19)7-15(23-17)16(20)18(3)9-11-4-5-13-14(6-11)22-10-21-13/h4-7H,8-10H2,1-3H3. The molecule has 6 nitrogen and oxygen atoms in total. The van der Waals surface area contributed by atoms with Crippen LogP contribution in [0.2, 0.25) is 0 Å². The van der Waals surface area contributed by atoms with Crippen LogP contribution in [0.15, 0.2) is 30.0 Å². The first-order chi connectivity index (χ1) is 10.8. The molecule has 0 saturated carbocycles. The predicted octanol–water partition coefficient (Wildman–Crippen LogP) is 2.03. The highest BCUT2D eigenvalue weighted by atomic mass is 16.7. The van der Waals surface area contributed by atoms with E-state index in [4.69, 9.17) is 14.2 Å². The van der Waals surface area contributed by atoms with Gasteiger partial charge in [0.25, 0.3) is 5.91 Å². The van der Waals surface area contributed by atoms with E-state index in [-0.39, 0.29) is 30.7 Å². The highest BCUT2D eigenvalue weighted by Gasteiger charge is 2.33.